The van der Waals surface area contributed by atoms with Crippen molar-refractivity contribution in [3.05, 3.63) is 35.9 Å². The molecule has 5 heteroatoms. The monoisotopic (exact) mass is 256 g/mol. The predicted octanol–water partition coefficient (Wildman–Crippen LogP) is 1.71. The van der Waals surface area contributed by atoms with Crippen LogP contribution in [0.25, 0.3) is 0 Å². The van der Waals surface area contributed by atoms with Crippen LogP contribution in [0.2, 0.25) is 0 Å². The lowest BCUT2D eigenvalue weighted by Gasteiger charge is -2.18. The van der Waals surface area contributed by atoms with Crippen molar-refractivity contribution >= 4 is 15.8 Å². The van der Waals surface area contributed by atoms with E-state index in [4.69, 9.17) is 5.11 Å². The van der Waals surface area contributed by atoms with Gasteiger partial charge in [-0.15, -0.1) is 0 Å². The normalized spacial score (nSPS) is 12.4. The Bertz CT molecular complexity index is 488. The van der Waals surface area contributed by atoms with Crippen LogP contribution in [0.3, 0.4) is 0 Å². The molecule has 0 aromatic heterocycles. The third kappa shape index (κ3) is 4.19. The zero-order valence-electron chi connectivity index (χ0n) is 9.88. The van der Waals surface area contributed by atoms with Gasteiger partial charge < -0.3 is 5.11 Å². The molecule has 0 saturated carbocycles. The van der Waals surface area contributed by atoms with Crippen molar-refractivity contribution in [1.29, 1.82) is 0 Å². The van der Waals surface area contributed by atoms with Gasteiger partial charge in [0.15, 0.2) is 9.84 Å². The van der Waals surface area contributed by atoms with E-state index in [-0.39, 0.29) is 11.5 Å². The Morgan fingerprint density at radius 2 is 1.76 bits per heavy atom. The molecular formula is C12H16O4S. The number of carboxylic acid groups (broad SMARTS) is 1. The second-order valence-electron chi connectivity index (χ2n) is 4.71. The summed E-state index contributed by atoms with van der Waals surface area (Å²) < 4.78 is 23.7. The van der Waals surface area contributed by atoms with Crippen molar-refractivity contribution in [3.8, 4) is 0 Å². The fourth-order valence-electron chi connectivity index (χ4n) is 1.49. The Labute approximate surface area is 101 Å². The number of benzene rings is 1. The van der Waals surface area contributed by atoms with Crippen LogP contribution in [0.1, 0.15) is 19.4 Å². The Morgan fingerprint density at radius 1 is 1.24 bits per heavy atom. The molecule has 0 amide bonds. The largest absolute Gasteiger partial charge is 0.481 e. The number of carboxylic acids is 1. The van der Waals surface area contributed by atoms with Crippen molar-refractivity contribution in [1.82, 2.24) is 0 Å². The van der Waals surface area contributed by atoms with E-state index in [1.165, 1.54) is 13.8 Å². The molecule has 1 aromatic carbocycles. The summed E-state index contributed by atoms with van der Waals surface area (Å²) in [6.07, 6.45) is 0. The molecule has 0 heterocycles. The fraction of sp³-hybridized carbons (Fsp3) is 0.417. The first-order valence-corrected chi connectivity index (χ1v) is 7.03. The molecule has 1 N–H and O–H groups in total. The molecule has 0 radical (unpaired) electrons. The molecule has 0 atom stereocenters. The molecule has 1 rings (SSSR count). The van der Waals surface area contributed by atoms with Crippen LogP contribution in [-0.4, -0.2) is 25.2 Å². The lowest BCUT2D eigenvalue weighted by atomic mass is 9.97. The molecule has 0 aliphatic carbocycles. The van der Waals surface area contributed by atoms with Gasteiger partial charge in [-0.05, 0) is 19.4 Å². The smallest absolute Gasteiger partial charge is 0.310 e. The highest BCUT2D eigenvalue weighted by atomic mass is 32.2. The van der Waals surface area contributed by atoms with Crippen LogP contribution in [0.5, 0.6) is 0 Å². The van der Waals surface area contributed by atoms with E-state index in [9.17, 15) is 13.2 Å². The molecule has 0 aliphatic heterocycles. The van der Waals surface area contributed by atoms with Crippen LogP contribution >= 0.6 is 0 Å². The Balaban J connectivity index is 2.81. The highest BCUT2D eigenvalue weighted by Crippen LogP contribution is 2.20. The average molecular weight is 256 g/mol. The standard InChI is InChI=1S/C12H16O4S/c1-12(2,11(13)14)9-17(15,16)8-10-6-4-3-5-7-10/h3-7H,8-9H2,1-2H3,(H,13,14). The zero-order chi connectivity index (χ0) is 13.1. The van der Waals surface area contributed by atoms with E-state index in [0.29, 0.717) is 5.56 Å². The van der Waals surface area contributed by atoms with E-state index in [0.717, 1.165) is 0 Å². The minimum atomic E-state index is -3.42. The van der Waals surface area contributed by atoms with Crippen LogP contribution < -0.4 is 0 Å². The van der Waals surface area contributed by atoms with Crippen molar-refractivity contribution in [3.63, 3.8) is 0 Å². The van der Waals surface area contributed by atoms with Gasteiger partial charge in [0, 0.05) is 0 Å². The molecule has 0 aliphatic rings. The maximum atomic E-state index is 11.9. The number of hydrogen-bond donors (Lipinski definition) is 1. The van der Waals surface area contributed by atoms with Crippen molar-refractivity contribution in [2.24, 2.45) is 5.41 Å². The fourth-order valence-corrected chi connectivity index (χ4v) is 3.52. The number of hydrogen-bond acceptors (Lipinski definition) is 3. The van der Waals surface area contributed by atoms with Gasteiger partial charge in [0.05, 0.1) is 16.9 Å². The van der Waals surface area contributed by atoms with Gasteiger partial charge in [0.25, 0.3) is 0 Å². The van der Waals surface area contributed by atoms with Crippen molar-refractivity contribution < 1.29 is 18.3 Å². The summed E-state index contributed by atoms with van der Waals surface area (Å²) >= 11 is 0. The lowest BCUT2D eigenvalue weighted by Crippen LogP contribution is -2.32. The van der Waals surface area contributed by atoms with Crippen LogP contribution in [0, 0.1) is 5.41 Å². The van der Waals surface area contributed by atoms with Gasteiger partial charge in [-0.25, -0.2) is 8.42 Å². The summed E-state index contributed by atoms with van der Waals surface area (Å²) in [5, 5.41) is 8.91. The quantitative estimate of drug-likeness (QED) is 0.870. The Hall–Kier alpha value is -1.36. The predicted molar refractivity (Wildman–Crippen MR) is 65.3 cm³/mol. The van der Waals surface area contributed by atoms with Gasteiger partial charge in [-0.3, -0.25) is 4.79 Å². The third-order valence-corrected chi connectivity index (χ3v) is 4.32. The molecule has 94 valence electrons. The Kier molecular flexibility index (Phi) is 3.93. The maximum absolute atomic E-state index is 11.9. The van der Waals surface area contributed by atoms with Gasteiger partial charge >= 0.3 is 5.97 Å². The van der Waals surface area contributed by atoms with Crippen LogP contribution in [-0.2, 0) is 20.4 Å². The SMILES string of the molecule is CC(C)(CS(=O)(=O)Cc1ccccc1)C(=O)O. The first-order chi connectivity index (χ1) is 7.73. The minimum Gasteiger partial charge on any atom is -0.481 e. The molecule has 0 spiro atoms. The highest BCUT2D eigenvalue weighted by Gasteiger charge is 2.33. The molecule has 17 heavy (non-hydrogen) atoms. The van der Waals surface area contributed by atoms with Gasteiger partial charge in [0.1, 0.15) is 0 Å². The number of sulfone groups is 1. The zero-order valence-corrected chi connectivity index (χ0v) is 10.7. The van der Waals surface area contributed by atoms with Crippen molar-refractivity contribution in [2.45, 2.75) is 19.6 Å². The number of carbonyl (C=O) groups is 1. The second-order valence-corrected chi connectivity index (χ2v) is 6.77. The first kappa shape index (κ1) is 13.7. The summed E-state index contributed by atoms with van der Waals surface area (Å²) in [6, 6.07) is 8.74. The van der Waals surface area contributed by atoms with E-state index in [1.54, 1.807) is 30.3 Å². The molecule has 0 saturated heterocycles. The summed E-state index contributed by atoms with van der Waals surface area (Å²) in [5.41, 5.74) is -0.582. The van der Waals surface area contributed by atoms with E-state index in [2.05, 4.69) is 0 Å². The van der Waals surface area contributed by atoms with E-state index in [1.807, 2.05) is 0 Å². The molecule has 0 unspecified atom stereocenters. The van der Waals surface area contributed by atoms with E-state index >= 15 is 0 Å². The first-order valence-electron chi connectivity index (χ1n) is 5.21. The molecular weight excluding hydrogens is 240 g/mol. The number of aliphatic carboxylic acids is 1. The van der Waals surface area contributed by atoms with Crippen molar-refractivity contribution in [2.75, 3.05) is 5.75 Å². The topological polar surface area (TPSA) is 71.4 Å². The van der Waals surface area contributed by atoms with Crippen LogP contribution in [0.15, 0.2) is 30.3 Å². The van der Waals surface area contributed by atoms with Gasteiger partial charge in [-0.1, -0.05) is 30.3 Å². The van der Waals surface area contributed by atoms with Gasteiger partial charge in [0.2, 0.25) is 0 Å². The molecule has 1 aromatic rings. The molecule has 4 nitrogen and oxygen atoms in total. The molecule has 0 fully saturated rings. The second kappa shape index (κ2) is 4.87. The number of rotatable bonds is 5. The Morgan fingerprint density at radius 3 is 2.24 bits per heavy atom. The molecule has 0 bridgehead atoms. The lowest BCUT2D eigenvalue weighted by molar-refractivity contribution is -0.145. The highest BCUT2D eigenvalue weighted by molar-refractivity contribution is 7.90. The summed E-state index contributed by atoms with van der Waals surface area (Å²) in [4.78, 5) is 10.9. The average Bonchev–Trinajstić information content (AvgIpc) is 2.16. The summed E-state index contributed by atoms with van der Waals surface area (Å²) in [5.74, 6) is -1.58. The maximum Gasteiger partial charge on any atom is 0.310 e. The van der Waals surface area contributed by atoms with E-state index < -0.39 is 21.2 Å². The summed E-state index contributed by atoms with van der Waals surface area (Å²) in [7, 11) is -3.42. The summed E-state index contributed by atoms with van der Waals surface area (Å²) in [6.45, 7) is 2.83. The minimum absolute atomic E-state index is 0.120. The third-order valence-electron chi connectivity index (χ3n) is 2.39. The van der Waals surface area contributed by atoms with Gasteiger partial charge in [-0.2, -0.15) is 0 Å². The van der Waals surface area contributed by atoms with Crippen LogP contribution in [0.4, 0.5) is 0 Å².